The number of ether oxygens (including phenoxy) is 3. The van der Waals surface area contributed by atoms with E-state index in [0.29, 0.717) is 67.8 Å². The molecule has 0 saturated carbocycles. The van der Waals surface area contributed by atoms with E-state index in [1.54, 1.807) is 42.9 Å². The van der Waals surface area contributed by atoms with E-state index in [1.807, 2.05) is 38.5 Å². The fraction of sp³-hybridized carbons (Fsp3) is 0.522. The van der Waals surface area contributed by atoms with Gasteiger partial charge in [-0.1, -0.05) is 0 Å². The zero-order chi connectivity index (χ0) is 44.5. The minimum absolute atomic E-state index is 0.0822. The van der Waals surface area contributed by atoms with Crippen LogP contribution in [0.4, 0.5) is 10.5 Å². The first-order valence-corrected chi connectivity index (χ1v) is 21.9. The van der Waals surface area contributed by atoms with Crippen molar-refractivity contribution < 1.29 is 38.2 Å². The SMILES string of the molecule is COc1cc(-c2cn(C)c(=O)c3c2CCN(C(=O)NCCN2CCC(OCC4CCN(c5ccc6c(c5)C(=O)N(C5CCC(=O)NC5=O)C6=O)CC4)C2)C3)cc(OC)c1CN(C)C. The summed E-state index contributed by atoms with van der Waals surface area (Å²) in [4.78, 5) is 86.7. The number of carbonyl (C=O) groups is 5. The van der Waals surface area contributed by atoms with Crippen LogP contribution in [0.3, 0.4) is 0 Å². The summed E-state index contributed by atoms with van der Waals surface area (Å²) in [6, 6.07) is 8.10. The maximum atomic E-state index is 13.4. The van der Waals surface area contributed by atoms with Crippen molar-refractivity contribution in [3.05, 3.63) is 74.7 Å². The molecule has 0 spiro atoms. The topological polar surface area (TPSA) is 175 Å². The van der Waals surface area contributed by atoms with Gasteiger partial charge in [0.1, 0.15) is 17.5 Å². The number of nitrogens with zero attached hydrogens (tertiary/aromatic N) is 6. The highest BCUT2D eigenvalue weighted by molar-refractivity contribution is 6.23. The number of aryl methyl sites for hydroxylation is 1. The summed E-state index contributed by atoms with van der Waals surface area (Å²) in [6.45, 7) is 6.49. The summed E-state index contributed by atoms with van der Waals surface area (Å²) in [6.07, 6.45) is 5.52. The Hall–Kier alpha value is -5.78. The lowest BCUT2D eigenvalue weighted by atomic mass is 9.91. The largest absolute Gasteiger partial charge is 0.496 e. The number of nitrogens with one attached hydrogen (secondary N) is 2. The molecule has 3 aromatic rings. The second kappa shape index (κ2) is 18.5. The normalized spacial score (nSPS) is 20.6. The number of urea groups is 1. The average molecular weight is 867 g/mol. The first-order valence-electron chi connectivity index (χ1n) is 21.9. The number of imide groups is 2. The molecular weight excluding hydrogens is 809 g/mol. The Bertz CT molecular complexity index is 2330. The number of pyridine rings is 1. The number of piperidine rings is 2. The molecule has 2 unspecified atom stereocenters. The van der Waals surface area contributed by atoms with Crippen LogP contribution in [0, 0.1) is 5.92 Å². The molecule has 2 aromatic carbocycles. The van der Waals surface area contributed by atoms with Crippen LogP contribution in [-0.4, -0.2) is 147 Å². The van der Waals surface area contributed by atoms with E-state index in [4.69, 9.17) is 14.2 Å². The number of anilines is 1. The van der Waals surface area contributed by atoms with Crippen LogP contribution < -0.4 is 30.6 Å². The van der Waals surface area contributed by atoms with Gasteiger partial charge in [-0.15, -0.1) is 0 Å². The van der Waals surface area contributed by atoms with Crippen molar-refractivity contribution >= 4 is 35.3 Å². The molecule has 0 radical (unpaired) electrons. The lowest BCUT2D eigenvalue weighted by molar-refractivity contribution is -0.136. The van der Waals surface area contributed by atoms with Gasteiger partial charge in [0.15, 0.2) is 0 Å². The van der Waals surface area contributed by atoms with Crippen molar-refractivity contribution in [2.45, 2.75) is 63.8 Å². The number of benzene rings is 2. The van der Waals surface area contributed by atoms with Gasteiger partial charge in [0.2, 0.25) is 11.8 Å². The summed E-state index contributed by atoms with van der Waals surface area (Å²) in [5.74, 6) is -0.194. The van der Waals surface area contributed by atoms with Crippen LogP contribution in [0.5, 0.6) is 11.5 Å². The van der Waals surface area contributed by atoms with Crippen LogP contribution in [-0.2, 0) is 40.9 Å². The van der Waals surface area contributed by atoms with E-state index in [0.717, 1.165) is 78.3 Å². The van der Waals surface area contributed by atoms with Crippen molar-refractivity contribution in [2.24, 2.45) is 13.0 Å². The van der Waals surface area contributed by atoms with Gasteiger partial charge >= 0.3 is 6.03 Å². The van der Waals surface area contributed by atoms with E-state index >= 15 is 0 Å². The van der Waals surface area contributed by atoms with Crippen LogP contribution in [0.2, 0.25) is 0 Å². The average Bonchev–Trinajstić information content (AvgIpc) is 3.84. The molecule has 3 fully saturated rings. The molecule has 0 bridgehead atoms. The number of methoxy groups -OCH3 is 2. The van der Waals surface area contributed by atoms with Crippen molar-refractivity contribution in [2.75, 3.05) is 85.6 Å². The van der Waals surface area contributed by atoms with E-state index in [1.165, 1.54) is 0 Å². The number of fused-ring (bicyclic) bond motifs is 2. The maximum absolute atomic E-state index is 13.4. The molecule has 336 valence electrons. The molecule has 63 heavy (non-hydrogen) atoms. The maximum Gasteiger partial charge on any atom is 0.317 e. The molecule has 17 nitrogen and oxygen atoms in total. The molecule has 5 aliphatic rings. The second-order valence-electron chi connectivity index (χ2n) is 17.6. The summed E-state index contributed by atoms with van der Waals surface area (Å²) in [5, 5.41) is 5.32. The Morgan fingerprint density at radius 3 is 2.29 bits per heavy atom. The summed E-state index contributed by atoms with van der Waals surface area (Å²) in [5.41, 5.74) is 5.65. The number of hydrogen-bond acceptors (Lipinski definition) is 12. The molecule has 6 heterocycles. The number of carbonyl (C=O) groups excluding carboxylic acids is 5. The predicted molar refractivity (Wildman–Crippen MR) is 234 cm³/mol. The molecular formula is C46H58N8O9. The van der Waals surface area contributed by atoms with E-state index in [2.05, 4.69) is 25.3 Å². The highest BCUT2D eigenvalue weighted by atomic mass is 16.5. The number of aromatic nitrogens is 1. The van der Waals surface area contributed by atoms with Gasteiger partial charge in [-0.05, 0) is 93.6 Å². The van der Waals surface area contributed by atoms with Gasteiger partial charge in [0.05, 0.1) is 43.6 Å². The molecule has 17 heteroatoms. The lowest BCUT2D eigenvalue weighted by Gasteiger charge is -2.34. The quantitative estimate of drug-likeness (QED) is 0.241. The predicted octanol–water partition coefficient (Wildman–Crippen LogP) is 2.61. The van der Waals surface area contributed by atoms with Crippen molar-refractivity contribution in [1.29, 1.82) is 0 Å². The summed E-state index contributed by atoms with van der Waals surface area (Å²) >= 11 is 0. The van der Waals surface area contributed by atoms with E-state index in [9.17, 15) is 28.8 Å². The Morgan fingerprint density at radius 1 is 0.857 bits per heavy atom. The minimum atomic E-state index is -0.985. The number of likely N-dealkylation sites (tertiary alicyclic amines) is 1. The molecule has 3 saturated heterocycles. The van der Waals surface area contributed by atoms with E-state index < -0.39 is 29.7 Å². The van der Waals surface area contributed by atoms with Crippen molar-refractivity contribution in [3.63, 3.8) is 0 Å². The lowest BCUT2D eigenvalue weighted by Crippen LogP contribution is -2.54. The minimum Gasteiger partial charge on any atom is -0.496 e. The fourth-order valence-corrected chi connectivity index (χ4v) is 9.69. The standard InChI is InChI=1S/C46H58N8O9/c1-49(2)24-37-39(61-4)20-29(21-40(37)62-5)35-25-50(3)43(57)36-26-53(18-13-32(35)36)46(60)47-14-19-51-15-12-31(23-51)63-27-28-10-16-52(17-11-28)30-6-7-33-34(22-30)45(59)54(44(33)58)38-8-9-41(55)48-42(38)56/h6-7,20-22,25,28,31,38H,8-19,23-24,26-27H2,1-5H3,(H,47,60)(H,48,55,56). The van der Waals surface area contributed by atoms with Gasteiger partial charge < -0.3 is 38.8 Å². The highest BCUT2D eigenvalue weighted by Crippen LogP contribution is 2.38. The highest BCUT2D eigenvalue weighted by Gasteiger charge is 2.45. The molecule has 2 N–H and O–H groups in total. The monoisotopic (exact) mass is 866 g/mol. The third-order valence-electron chi connectivity index (χ3n) is 13.2. The van der Waals surface area contributed by atoms with Gasteiger partial charge in [-0.25, -0.2) is 4.79 Å². The van der Waals surface area contributed by atoms with Crippen LogP contribution in [0.1, 0.15) is 69.5 Å². The molecule has 8 rings (SSSR count). The Labute approximate surface area is 367 Å². The van der Waals surface area contributed by atoms with Gasteiger partial charge in [0.25, 0.3) is 17.4 Å². The summed E-state index contributed by atoms with van der Waals surface area (Å²) in [7, 11) is 9.02. The van der Waals surface area contributed by atoms with Crippen molar-refractivity contribution in [1.82, 2.24) is 34.8 Å². The molecule has 2 atom stereocenters. The number of amides is 6. The van der Waals surface area contributed by atoms with Gasteiger partial charge in [0, 0.05) is 95.4 Å². The molecule has 0 aliphatic carbocycles. The van der Waals surface area contributed by atoms with Crippen LogP contribution in [0.25, 0.3) is 11.1 Å². The Morgan fingerprint density at radius 2 is 1.59 bits per heavy atom. The first kappa shape index (κ1) is 43.9. The zero-order valence-corrected chi connectivity index (χ0v) is 36.9. The van der Waals surface area contributed by atoms with Gasteiger partial charge in [-0.3, -0.25) is 39.1 Å². The summed E-state index contributed by atoms with van der Waals surface area (Å²) < 4.78 is 19.6. The Kier molecular flexibility index (Phi) is 12.9. The third-order valence-corrected chi connectivity index (χ3v) is 13.2. The Balaban J connectivity index is 0.780. The smallest absolute Gasteiger partial charge is 0.317 e. The molecule has 1 aromatic heterocycles. The zero-order valence-electron chi connectivity index (χ0n) is 36.9. The number of hydrogen-bond donors (Lipinski definition) is 2. The van der Waals surface area contributed by atoms with Crippen LogP contribution in [0.15, 0.2) is 41.3 Å². The fourth-order valence-electron chi connectivity index (χ4n) is 9.69. The number of rotatable bonds is 13. The van der Waals surface area contributed by atoms with Gasteiger partial charge in [-0.2, -0.15) is 0 Å². The second-order valence-corrected chi connectivity index (χ2v) is 17.6. The molecule has 6 amide bonds. The third kappa shape index (κ3) is 9.04. The molecule has 5 aliphatic heterocycles. The van der Waals surface area contributed by atoms with Crippen molar-refractivity contribution in [3.8, 4) is 22.6 Å². The van der Waals surface area contributed by atoms with E-state index in [-0.39, 0.29) is 42.6 Å². The van der Waals surface area contributed by atoms with Crippen LogP contribution >= 0.6 is 0 Å². The first-order chi connectivity index (χ1) is 30.3.